The first-order valence-electron chi connectivity index (χ1n) is 4.68. The smallest absolute Gasteiger partial charge is 0.216 e. The number of hydrogen-bond donors (Lipinski definition) is 2. The first-order chi connectivity index (χ1) is 8.19. The molecule has 0 fully saturated rings. The Bertz CT molecular complexity index is 574. The summed E-state index contributed by atoms with van der Waals surface area (Å²) in [5.41, 5.74) is 6.16. The van der Waals surface area contributed by atoms with Gasteiger partial charge in [-0.15, -0.1) is 5.10 Å². The predicted octanol–water partition coefficient (Wildman–Crippen LogP) is 1.69. The Hall–Kier alpha value is -2.07. The van der Waals surface area contributed by atoms with Crippen molar-refractivity contribution in [2.45, 2.75) is 10.9 Å². The molecule has 0 spiro atoms. The van der Waals surface area contributed by atoms with E-state index >= 15 is 0 Å². The van der Waals surface area contributed by atoms with Gasteiger partial charge in [-0.3, -0.25) is 0 Å². The van der Waals surface area contributed by atoms with Crippen molar-refractivity contribution >= 4 is 17.7 Å². The molecule has 0 atom stereocenters. The molecule has 0 aliphatic rings. The number of nitrogens with one attached hydrogen (secondary N) is 1. The second-order valence-corrected chi connectivity index (χ2v) is 4.15. The summed E-state index contributed by atoms with van der Waals surface area (Å²) in [5, 5.41) is 15.4. The van der Waals surface area contributed by atoms with Crippen LogP contribution in [0.25, 0.3) is 0 Å². The number of nitrogen functional groups attached to an aromatic ring is 1. The molecule has 2 rings (SSSR count). The minimum atomic E-state index is -0.403. The van der Waals surface area contributed by atoms with Gasteiger partial charge in [0.15, 0.2) is 0 Å². The van der Waals surface area contributed by atoms with Crippen LogP contribution in [0, 0.1) is 17.1 Å². The molecule has 7 heteroatoms. The Labute approximate surface area is 101 Å². The zero-order valence-corrected chi connectivity index (χ0v) is 9.46. The SMILES string of the molecule is N#Cc1ccc(CSc2n[nH]c(N)n2)c(F)c1. The molecule has 0 aliphatic heterocycles. The summed E-state index contributed by atoms with van der Waals surface area (Å²) in [4.78, 5) is 3.89. The van der Waals surface area contributed by atoms with Crippen molar-refractivity contribution < 1.29 is 4.39 Å². The molecule has 0 saturated heterocycles. The highest BCUT2D eigenvalue weighted by Crippen LogP contribution is 2.21. The second-order valence-electron chi connectivity index (χ2n) is 3.21. The molecule has 17 heavy (non-hydrogen) atoms. The second kappa shape index (κ2) is 4.84. The van der Waals surface area contributed by atoms with Crippen LogP contribution in [0.4, 0.5) is 10.3 Å². The van der Waals surface area contributed by atoms with Gasteiger partial charge in [0.25, 0.3) is 0 Å². The molecule has 3 N–H and O–H groups in total. The average Bonchev–Trinajstić information content (AvgIpc) is 2.73. The fourth-order valence-electron chi connectivity index (χ4n) is 1.20. The van der Waals surface area contributed by atoms with Crippen molar-refractivity contribution in [1.29, 1.82) is 5.26 Å². The lowest BCUT2D eigenvalue weighted by molar-refractivity contribution is 0.617. The number of H-pyrrole nitrogens is 1. The summed E-state index contributed by atoms with van der Waals surface area (Å²) in [6, 6.07) is 6.24. The Morgan fingerprint density at radius 2 is 2.35 bits per heavy atom. The third-order valence-corrected chi connectivity index (χ3v) is 2.92. The molecule has 1 aromatic carbocycles. The van der Waals surface area contributed by atoms with Crippen molar-refractivity contribution in [2.24, 2.45) is 0 Å². The van der Waals surface area contributed by atoms with Gasteiger partial charge in [-0.2, -0.15) is 10.2 Å². The van der Waals surface area contributed by atoms with Crippen molar-refractivity contribution in [3.63, 3.8) is 0 Å². The van der Waals surface area contributed by atoms with Crippen LogP contribution >= 0.6 is 11.8 Å². The van der Waals surface area contributed by atoms with E-state index in [1.165, 1.54) is 17.8 Å². The molecular weight excluding hydrogens is 241 g/mol. The number of aromatic amines is 1. The molecule has 0 unspecified atom stereocenters. The number of hydrogen-bond acceptors (Lipinski definition) is 5. The number of aromatic nitrogens is 3. The quantitative estimate of drug-likeness (QED) is 0.808. The number of thioether (sulfide) groups is 1. The van der Waals surface area contributed by atoms with Gasteiger partial charge in [0.2, 0.25) is 11.1 Å². The average molecular weight is 249 g/mol. The summed E-state index contributed by atoms with van der Waals surface area (Å²) >= 11 is 1.27. The van der Waals surface area contributed by atoms with Crippen LogP contribution < -0.4 is 5.73 Å². The lowest BCUT2D eigenvalue weighted by atomic mass is 10.1. The van der Waals surface area contributed by atoms with Gasteiger partial charge < -0.3 is 5.73 Å². The van der Waals surface area contributed by atoms with Crippen LogP contribution in [0.5, 0.6) is 0 Å². The maximum atomic E-state index is 13.5. The molecule has 86 valence electrons. The highest BCUT2D eigenvalue weighted by Gasteiger charge is 2.06. The molecule has 1 heterocycles. The van der Waals surface area contributed by atoms with Crippen molar-refractivity contribution in [1.82, 2.24) is 15.2 Å². The lowest BCUT2D eigenvalue weighted by Gasteiger charge is -2.00. The monoisotopic (exact) mass is 249 g/mol. The fraction of sp³-hybridized carbons (Fsp3) is 0.100. The number of nitrogens with zero attached hydrogens (tertiary/aromatic N) is 3. The molecule has 0 aliphatic carbocycles. The normalized spacial score (nSPS) is 10.1. The summed E-state index contributed by atoms with van der Waals surface area (Å²) in [7, 11) is 0. The summed E-state index contributed by atoms with van der Waals surface area (Å²) < 4.78 is 13.5. The first kappa shape index (κ1) is 11.4. The maximum absolute atomic E-state index is 13.5. The Balaban J connectivity index is 2.07. The Morgan fingerprint density at radius 3 is 2.94 bits per heavy atom. The third-order valence-electron chi connectivity index (χ3n) is 2.02. The van der Waals surface area contributed by atoms with E-state index in [1.807, 2.05) is 6.07 Å². The number of nitriles is 1. The minimum absolute atomic E-state index is 0.229. The van der Waals surface area contributed by atoms with E-state index in [9.17, 15) is 4.39 Å². The van der Waals surface area contributed by atoms with Crippen molar-refractivity contribution in [3.05, 3.63) is 35.1 Å². The fourth-order valence-corrected chi connectivity index (χ4v) is 1.99. The van der Waals surface area contributed by atoms with E-state index in [1.54, 1.807) is 12.1 Å². The van der Waals surface area contributed by atoms with Crippen LogP contribution in [-0.4, -0.2) is 15.2 Å². The lowest BCUT2D eigenvalue weighted by Crippen LogP contribution is -1.89. The van der Waals surface area contributed by atoms with Gasteiger partial charge in [-0.05, 0) is 17.7 Å². The van der Waals surface area contributed by atoms with E-state index in [-0.39, 0.29) is 5.95 Å². The zero-order valence-electron chi connectivity index (χ0n) is 8.64. The van der Waals surface area contributed by atoms with Crippen molar-refractivity contribution in [2.75, 3.05) is 5.73 Å². The van der Waals surface area contributed by atoms with E-state index in [0.717, 1.165) is 0 Å². The maximum Gasteiger partial charge on any atom is 0.216 e. The van der Waals surface area contributed by atoms with Gasteiger partial charge in [0, 0.05) is 5.75 Å². The standard InChI is InChI=1S/C10H8FN5S/c11-8-3-6(4-12)1-2-7(8)5-17-10-14-9(13)15-16-10/h1-3H,5H2,(H3,13,14,15,16). The summed E-state index contributed by atoms with van der Waals surface area (Å²) in [6.07, 6.45) is 0. The molecule has 0 saturated carbocycles. The van der Waals surface area contributed by atoms with Gasteiger partial charge in [-0.1, -0.05) is 17.8 Å². The van der Waals surface area contributed by atoms with Crippen molar-refractivity contribution in [3.8, 4) is 6.07 Å². The predicted molar refractivity (Wildman–Crippen MR) is 61.5 cm³/mol. The Kier molecular flexibility index (Phi) is 3.25. The molecule has 1 aromatic heterocycles. The van der Waals surface area contributed by atoms with Crippen LogP contribution in [0.3, 0.4) is 0 Å². The molecule has 0 amide bonds. The largest absolute Gasteiger partial charge is 0.368 e. The van der Waals surface area contributed by atoms with Crippen LogP contribution in [-0.2, 0) is 5.75 Å². The van der Waals surface area contributed by atoms with Crippen LogP contribution in [0.2, 0.25) is 0 Å². The Morgan fingerprint density at radius 1 is 1.53 bits per heavy atom. The van der Waals surface area contributed by atoms with Crippen LogP contribution in [0.15, 0.2) is 23.4 Å². The number of nitrogens with two attached hydrogens (primary N) is 1. The van der Waals surface area contributed by atoms with Gasteiger partial charge in [0.1, 0.15) is 5.82 Å². The number of benzene rings is 1. The zero-order chi connectivity index (χ0) is 12.3. The van der Waals surface area contributed by atoms with Gasteiger partial charge in [0.05, 0.1) is 11.6 Å². The summed E-state index contributed by atoms with van der Waals surface area (Å²) in [5.74, 6) is 0.210. The number of anilines is 1. The topological polar surface area (TPSA) is 91.4 Å². The highest BCUT2D eigenvalue weighted by atomic mass is 32.2. The molecular formula is C10H8FN5S. The van der Waals surface area contributed by atoms with Crippen LogP contribution in [0.1, 0.15) is 11.1 Å². The summed E-state index contributed by atoms with van der Waals surface area (Å²) in [6.45, 7) is 0. The molecule has 5 nitrogen and oxygen atoms in total. The van der Waals surface area contributed by atoms with Gasteiger partial charge in [-0.25, -0.2) is 9.49 Å². The molecule has 2 aromatic rings. The number of rotatable bonds is 3. The first-order valence-corrected chi connectivity index (χ1v) is 5.67. The number of halogens is 1. The highest BCUT2D eigenvalue weighted by molar-refractivity contribution is 7.98. The van der Waals surface area contributed by atoms with E-state index in [2.05, 4.69) is 15.2 Å². The van der Waals surface area contributed by atoms with E-state index in [4.69, 9.17) is 11.0 Å². The third kappa shape index (κ3) is 2.73. The minimum Gasteiger partial charge on any atom is -0.368 e. The molecule has 0 bridgehead atoms. The van der Waals surface area contributed by atoms with Gasteiger partial charge >= 0.3 is 0 Å². The molecule has 0 radical (unpaired) electrons. The van der Waals surface area contributed by atoms with E-state index in [0.29, 0.717) is 22.0 Å². The van der Waals surface area contributed by atoms with E-state index < -0.39 is 5.82 Å².